The Morgan fingerprint density at radius 3 is 2.00 bits per heavy atom. The summed E-state index contributed by atoms with van der Waals surface area (Å²) in [7, 11) is 0. The molecule has 108 valence electrons. The van der Waals surface area contributed by atoms with Crippen molar-refractivity contribution in [1.82, 2.24) is 0 Å². The van der Waals surface area contributed by atoms with Crippen LogP contribution < -0.4 is 0 Å². The van der Waals surface area contributed by atoms with Crippen molar-refractivity contribution in [2.75, 3.05) is 0 Å². The largest absolute Gasteiger partial charge is 0.197 e. The van der Waals surface area contributed by atoms with Crippen molar-refractivity contribution in [2.45, 2.75) is 12.8 Å². The van der Waals surface area contributed by atoms with E-state index in [1.807, 2.05) is 64.7 Å². The molecule has 2 rings (SSSR count). The molecule has 22 heavy (non-hydrogen) atoms. The molecule has 0 N–H and O–H groups in total. The van der Waals surface area contributed by atoms with Gasteiger partial charge in [-0.25, -0.2) is 0 Å². The fourth-order valence-corrected chi connectivity index (χ4v) is 2.95. The minimum atomic E-state index is -1.05. The van der Waals surface area contributed by atoms with Gasteiger partial charge in [0.25, 0.3) is 0 Å². The summed E-state index contributed by atoms with van der Waals surface area (Å²) in [5, 5.41) is 19.3. The number of nitriles is 2. The molecule has 0 spiro atoms. The number of benzene rings is 2. The monoisotopic (exact) mass is 398 g/mol. The van der Waals surface area contributed by atoms with E-state index in [-0.39, 0.29) is 0 Å². The lowest BCUT2D eigenvalue weighted by Crippen LogP contribution is -2.20. The molecule has 0 heterocycles. The minimum Gasteiger partial charge on any atom is -0.197 e. The van der Waals surface area contributed by atoms with Gasteiger partial charge in [-0.05, 0) is 20.8 Å². The van der Waals surface area contributed by atoms with E-state index in [2.05, 4.69) is 34.7 Å². The van der Waals surface area contributed by atoms with E-state index in [9.17, 15) is 10.5 Å². The van der Waals surface area contributed by atoms with Crippen LogP contribution in [0.15, 0.2) is 64.7 Å². The Labute approximate surface area is 144 Å². The van der Waals surface area contributed by atoms with Crippen LogP contribution in [0.4, 0.5) is 0 Å². The van der Waals surface area contributed by atoms with Gasteiger partial charge in [0.2, 0.25) is 0 Å². The summed E-state index contributed by atoms with van der Waals surface area (Å²) < 4.78 is 1.96. The normalized spacial score (nSPS) is 11.5. The topological polar surface area (TPSA) is 47.6 Å². The number of nitrogens with zero attached hydrogens (tertiary/aromatic N) is 2. The molecular formula is C19H15IN2. The molecule has 0 amide bonds. The van der Waals surface area contributed by atoms with Gasteiger partial charge in [0.05, 0.1) is 12.1 Å². The molecule has 0 aliphatic carbocycles. The van der Waals surface area contributed by atoms with Crippen LogP contribution in [-0.4, -0.2) is 0 Å². The molecule has 3 heteroatoms. The molecule has 0 bridgehead atoms. The fourth-order valence-electron chi connectivity index (χ4n) is 2.37. The summed E-state index contributed by atoms with van der Waals surface area (Å²) in [6.45, 7) is 0. The lowest BCUT2D eigenvalue weighted by atomic mass is 9.78. The van der Waals surface area contributed by atoms with Crippen molar-refractivity contribution >= 4 is 28.2 Å². The highest BCUT2D eigenvalue weighted by Gasteiger charge is 2.32. The van der Waals surface area contributed by atoms with Gasteiger partial charge in [-0.1, -0.05) is 83.3 Å². The first-order valence-electron chi connectivity index (χ1n) is 6.94. The van der Waals surface area contributed by atoms with E-state index in [1.54, 1.807) is 0 Å². The summed E-state index contributed by atoms with van der Waals surface area (Å²) in [4.78, 5) is 0. The molecule has 0 unspecified atom stereocenters. The maximum atomic E-state index is 9.63. The summed E-state index contributed by atoms with van der Waals surface area (Å²) in [5.74, 6) is 0. The molecule has 0 aromatic heterocycles. The number of allylic oxidation sites excluding steroid dienone is 1. The van der Waals surface area contributed by atoms with Crippen LogP contribution in [0.1, 0.15) is 17.5 Å². The van der Waals surface area contributed by atoms with Crippen molar-refractivity contribution < 1.29 is 0 Å². The van der Waals surface area contributed by atoms with Gasteiger partial charge in [0, 0.05) is 12.8 Å². The van der Waals surface area contributed by atoms with Gasteiger partial charge in [-0.3, -0.25) is 0 Å². The van der Waals surface area contributed by atoms with Crippen molar-refractivity contribution in [2.24, 2.45) is 5.41 Å². The smallest absolute Gasteiger partial charge is 0.151 e. The Kier molecular flexibility index (Phi) is 5.75. The van der Waals surface area contributed by atoms with Crippen LogP contribution in [0.3, 0.4) is 0 Å². The third-order valence-electron chi connectivity index (χ3n) is 3.55. The highest BCUT2D eigenvalue weighted by molar-refractivity contribution is 14.1. The van der Waals surface area contributed by atoms with E-state index in [0.29, 0.717) is 12.8 Å². The van der Waals surface area contributed by atoms with E-state index in [4.69, 9.17) is 0 Å². The second-order valence-corrected chi connectivity index (χ2v) is 5.77. The zero-order valence-corrected chi connectivity index (χ0v) is 14.2. The SMILES string of the molecule is N#CC(C#N)(C/C(=C\I)c1ccccc1)Cc1ccccc1. The number of rotatable bonds is 5. The Morgan fingerprint density at radius 2 is 1.50 bits per heavy atom. The molecule has 0 fully saturated rings. The summed E-state index contributed by atoms with van der Waals surface area (Å²) in [6, 6.07) is 24.1. The Morgan fingerprint density at radius 1 is 0.955 bits per heavy atom. The lowest BCUT2D eigenvalue weighted by molar-refractivity contribution is 0.534. The molecule has 2 nitrogen and oxygen atoms in total. The van der Waals surface area contributed by atoms with Crippen LogP contribution in [0.25, 0.3) is 5.57 Å². The minimum absolute atomic E-state index is 0.418. The molecular weight excluding hydrogens is 383 g/mol. The first-order valence-corrected chi connectivity index (χ1v) is 8.19. The first-order chi connectivity index (χ1) is 10.7. The quantitative estimate of drug-likeness (QED) is 0.656. The molecule has 0 saturated heterocycles. The summed E-state index contributed by atoms with van der Waals surface area (Å²) in [6.07, 6.45) is 0.851. The highest BCUT2D eigenvalue weighted by atomic mass is 127. The van der Waals surface area contributed by atoms with Crippen LogP contribution in [0.5, 0.6) is 0 Å². The average molecular weight is 398 g/mol. The van der Waals surface area contributed by atoms with E-state index >= 15 is 0 Å². The molecule has 2 aromatic rings. The van der Waals surface area contributed by atoms with Gasteiger partial charge in [-0.15, -0.1) is 0 Å². The maximum absolute atomic E-state index is 9.63. The van der Waals surface area contributed by atoms with Crippen molar-refractivity contribution in [3.63, 3.8) is 0 Å². The molecule has 0 aliphatic heterocycles. The zero-order chi connectivity index (χ0) is 15.8. The van der Waals surface area contributed by atoms with Gasteiger partial charge in [0.1, 0.15) is 0 Å². The molecule has 0 saturated carbocycles. The van der Waals surface area contributed by atoms with Crippen LogP contribution >= 0.6 is 22.6 Å². The molecule has 0 aliphatic rings. The Bertz CT molecular complexity index is 708. The van der Waals surface area contributed by atoms with Gasteiger partial charge >= 0.3 is 0 Å². The Hall–Kier alpha value is -2.11. The van der Waals surface area contributed by atoms with Crippen molar-refractivity contribution in [3.8, 4) is 12.1 Å². The zero-order valence-electron chi connectivity index (χ0n) is 12.0. The van der Waals surface area contributed by atoms with Crippen LogP contribution in [0.2, 0.25) is 0 Å². The number of halogens is 1. The first kappa shape index (κ1) is 16.3. The lowest BCUT2D eigenvalue weighted by Gasteiger charge is -2.20. The highest BCUT2D eigenvalue weighted by Crippen LogP contribution is 2.34. The van der Waals surface area contributed by atoms with Crippen molar-refractivity contribution in [3.05, 3.63) is 75.9 Å². The van der Waals surface area contributed by atoms with Crippen molar-refractivity contribution in [1.29, 1.82) is 10.5 Å². The van der Waals surface area contributed by atoms with E-state index in [1.165, 1.54) is 0 Å². The van der Waals surface area contributed by atoms with E-state index in [0.717, 1.165) is 16.7 Å². The number of hydrogen-bond donors (Lipinski definition) is 0. The van der Waals surface area contributed by atoms with Crippen LogP contribution in [-0.2, 0) is 6.42 Å². The van der Waals surface area contributed by atoms with Gasteiger partial charge < -0.3 is 0 Å². The van der Waals surface area contributed by atoms with Crippen LogP contribution in [0, 0.1) is 28.1 Å². The third-order valence-corrected chi connectivity index (χ3v) is 4.30. The molecule has 0 atom stereocenters. The second-order valence-electron chi connectivity index (χ2n) is 5.15. The predicted octanol–water partition coefficient (Wildman–Crippen LogP) is 5.13. The fraction of sp³-hybridized carbons (Fsp3) is 0.158. The van der Waals surface area contributed by atoms with Gasteiger partial charge in [-0.2, -0.15) is 10.5 Å². The summed E-state index contributed by atoms with van der Waals surface area (Å²) >= 11 is 2.18. The van der Waals surface area contributed by atoms with Gasteiger partial charge in [0.15, 0.2) is 5.41 Å². The third kappa shape index (κ3) is 3.96. The average Bonchev–Trinajstić information content (AvgIpc) is 2.60. The maximum Gasteiger partial charge on any atom is 0.151 e. The standard InChI is InChI=1S/C19H15IN2/c20-13-18(17-9-5-2-6-10-17)12-19(14-21,15-22)11-16-7-3-1-4-8-16/h1-10,13H,11-12H2/b18-13+. The molecule has 2 aromatic carbocycles. The molecule has 0 radical (unpaired) electrons. The second kappa shape index (κ2) is 7.77. The van der Waals surface area contributed by atoms with E-state index < -0.39 is 5.41 Å². The number of hydrogen-bond acceptors (Lipinski definition) is 2. The predicted molar refractivity (Wildman–Crippen MR) is 96.9 cm³/mol. The Balaban J connectivity index is 2.29. The summed E-state index contributed by atoms with van der Waals surface area (Å²) in [5.41, 5.74) is 2.03.